The van der Waals surface area contributed by atoms with E-state index in [1.807, 2.05) is 42.5 Å². The zero-order valence-corrected chi connectivity index (χ0v) is 27.7. The highest BCUT2D eigenvalue weighted by molar-refractivity contribution is 6.12. The maximum Gasteiger partial charge on any atom is 0.164 e. The lowest BCUT2D eigenvalue weighted by atomic mass is 9.99. The molecular weight excluding hydrogens is 639 g/mol. The molecule has 0 spiro atoms. The largest absolute Gasteiger partial charge is 0.456 e. The molecule has 0 N–H and O–H groups in total. The van der Waals surface area contributed by atoms with Crippen molar-refractivity contribution in [1.82, 2.24) is 15.0 Å². The highest BCUT2D eigenvalue weighted by atomic mass is 16.3. The van der Waals surface area contributed by atoms with Crippen molar-refractivity contribution in [2.24, 2.45) is 0 Å². The lowest BCUT2D eigenvalue weighted by Gasteiger charge is -2.11. The van der Waals surface area contributed by atoms with Crippen LogP contribution in [-0.2, 0) is 0 Å². The van der Waals surface area contributed by atoms with Gasteiger partial charge in [-0.2, -0.15) is 0 Å². The molecule has 3 heterocycles. The first-order chi connectivity index (χ1) is 25.7. The molecule has 52 heavy (non-hydrogen) atoms. The van der Waals surface area contributed by atoms with E-state index >= 15 is 0 Å². The van der Waals surface area contributed by atoms with Crippen LogP contribution < -0.4 is 0 Å². The van der Waals surface area contributed by atoms with E-state index in [9.17, 15) is 0 Å². The molecule has 3 aromatic heterocycles. The summed E-state index contributed by atoms with van der Waals surface area (Å²) < 4.78 is 12.4. The van der Waals surface area contributed by atoms with Crippen LogP contribution in [0.25, 0.3) is 111 Å². The van der Waals surface area contributed by atoms with Crippen molar-refractivity contribution < 1.29 is 8.83 Å². The maximum absolute atomic E-state index is 6.23. The average Bonchev–Trinajstić information content (AvgIpc) is 3.77. The molecule has 0 aliphatic rings. The van der Waals surface area contributed by atoms with Gasteiger partial charge >= 0.3 is 0 Å². The summed E-state index contributed by atoms with van der Waals surface area (Å²) in [6, 6.07) is 56.5. The van der Waals surface area contributed by atoms with Crippen LogP contribution in [0, 0.1) is 0 Å². The van der Waals surface area contributed by atoms with Crippen molar-refractivity contribution in [3.63, 3.8) is 0 Å². The number of fused-ring (bicyclic) bond motifs is 8. The van der Waals surface area contributed by atoms with Crippen LogP contribution in [0.2, 0.25) is 0 Å². The fraction of sp³-hybridized carbons (Fsp3) is 0. The van der Waals surface area contributed by atoms with Gasteiger partial charge in [0.2, 0.25) is 0 Å². The Kier molecular flexibility index (Phi) is 6.18. The summed E-state index contributed by atoms with van der Waals surface area (Å²) in [6.07, 6.45) is 0. The molecule has 11 aromatic rings. The molecule has 5 nitrogen and oxygen atoms in total. The van der Waals surface area contributed by atoms with Crippen molar-refractivity contribution in [2.75, 3.05) is 0 Å². The summed E-state index contributed by atoms with van der Waals surface area (Å²) in [4.78, 5) is 15.3. The number of furan rings is 2. The third-order valence-electron chi connectivity index (χ3n) is 10.1. The van der Waals surface area contributed by atoms with E-state index in [-0.39, 0.29) is 0 Å². The molecule has 8 aromatic carbocycles. The van der Waals surface area contributed by atoms with E-state index < -0.39 is 0 Å². The second-order valence-corrected chi connectivity index (χ2v) is 13.2. The maximum atomic E-state index is 6.23. The van der Waals surface area contributed by atoms with Gasteiger partial charge in [0.1, 0.15) is 22.3 Å². The summed E-state index contributed by atoms with van der Waals surface area (Å²) in [6.45, 7) is 0. The SMILES string of the molecule is c1ccc2cc(-c3nc(-c4ccc(-c5ccc6cc7c(cc6c5)oc5ccccc57)cc4)nc(-c4cccc5oc6ccccc6c45)n3)ccc2c1. The first-order valence-corrected chi connectivity index (χ1v) is 17.3. The number of aromatic nitrogens is 3. The molecule has 242 valence electrons. The number of nitrogens with zero attached hydrogens (tertiary/aromatic N) is 3. The zero-order valence-electron chi connectivity index (χ0n) is 27.7. The number of hydrogen-bond acceptors (Lipinski definition) is 5. The Morgan fingerprint density at radius 3 is 1.75 bits per heavy atom. The van der Waals surface area contributed by atoms with E-state index in [0.29, 0.717) is 17.5 Å². The minimum Gasteiger partial charge on any atom is -0.456 e. The van der Waals surface area contributed by atoms with Crippen LogP contribution in [0.15, 0.2) is 173 Å². The summed E-state index contributed by atoms with van der Waals surface area (Å²) >= 11 is 0. The Labute approximate surface area is 297 Å². The summed E-state index contributed by atoms with van der Waals surface area (Å²) in [5, 5.41) is 8.91. The lowest BCUT2D eigenvalue weighted by molar-refractivity contribution is 0.669. The van der Waals surface area contributed by atoms with Crippen molar-refractivity contribution >= 4 is 65.4 Å². The summed E-state index contributed by atoms with van der Waals surface area (Å²) in [5.74, 6) is 1.82. The van der Waals surface area contributed by atoms with Gasteiger partial charge in [0, 0.05) is 38.2 Å². The second-order valence-electron chi connectivity index (χ2n) is 13.2. The highest BCUT2D eigenvalue weighted by Crippen LogP contribution is 2.38. The number of hydrogen-bond donors (Lipinski definition) is 0. The molecule has 0 amide bonds. The van der Waals surface area contributed by atoms with Gasteiger partial charge in [0.05, 0.1) is 0 Å². The fourth-order valence-electron chi connectivity index (χ4n) is 7.50. The van der Waals surface area contributed by atoms with Gasteiger partial charge in [0.25, 0.3) is 0 Å². The Morgan fingerprint density at radius 1 is 0.308 bits per heavy atom. The van der Waals surface area contributed by atoms with Crippen molar-refractivity contribution in [1.29, 1.82) is 0 Å². The molecule has 5 heteroatoms. The molecule has 0 saturated heterocycles. The molecule has 0 aliphatic heterocycles. The van der Waals surface area contributed by atoms with E-state index in [4.69, 9.17) is 23.8 Å². The highest BCUT2D eigenvalue weighted by Gasteiger charge is 2.18. The Morgan fingerprint density at radius 2 is 0.885 bits per heavy atom. The Bertz CT molecular complexity index is 3190. The van der Waals surface area contributed by atoms with Crippen LogP contribution in [0.5, 0.6) is 0 Å². The van der Waals surface area contributed by atoms with Crippen molar-refractivity contribution in [2.45, 2.75) is 0 Å². The smallest absolute Gasteiger partial charge is 0.164 e. The van der Waals surface area contributed by atoms with Crippen molar-refractivity contribution in [3.05, 3.63) is 164 Å². The predicted molar refractivity (Wildman–Crippen MR) is 211 cm³/mol. The Balaban J connectivity index is 1.04. The normalized spacial score (nSPS) is 11.8. The van der Waals surface area contributed by atoms with Gasteiger partial charge in [0.15, 0.2) is 17.5 Å². The summed E-state index contributed by atoms with van der Waals surface area (Å²) in [7, 11) is 0. The third-order valence-corrected chi connectivity index (χ3v) is 10.1. The molecule has 0 saturated carbocycles. The predicted octanol–water partition coefficient (Wildman–Crippen LogP) is 12.6. The molecule has 0 unspecified atom stereocenters. The number of rotatable bonds is 4. The zero-order chi connectivity index (χ0) is 34.2. The number of benzene rings is 8. The first kappa shape index (κ1) is 28.7. The minimum absolute atomic E-state index is 0.598. The van der Waals surface area contributed by atoms with Crippen LogP contribution in [0.3, 0.4) is 0 Å². The quantitative estimate of drug-likeness (QED) is 0.187. The monoisotopic (exact) mass is 665 g/mol. The van der Waals surface area contributed by atoms with Gasteiger partial charge in [-0.1, -0.05) is 121 Å². The second kappa shape index (κ2) is 11.2. The molecule has 0 radical (unpaired) electrons. The van der Waals surface area contributed by atoms with Gasteiger partial charge in [-0.3, -0.25) is 0 Å². The van der Waals surface area contributed by atoms with Gasteiger partial charge < -0.3 is 8.83 Å². The minimum atomic E-state index is 0.598. The van der Waals surface area contributed by atoms with E-state index in [1.54, 1.807) is 0 Å². The molecule has 0 fully saturated rings. The van der Waals surface area contributed by atoms with E-state index in [0.717, 1.165) is 82.5 Å². The van der Waals surface area contributed by atoms with Crippen LogP contribution in [0.4, 0.5) is 0 Å². The van der Waals surface area contributed by atoms with E-state index in [2.05, 4.69) is 121 Å². The molecular formula is C47H27N3O2. The Hall–Kier alpha value is -7.11. The van der Waals surface area contributed by atoms with Gasteiger partial charge in [-0.15, -0.1) is 0 Å². The molecule has 0 atom stereocenters. The average molecular weight is 666 g/mol. The van der Waals surface area contributed by atoms with Crippen molar-refractivity contribution in [3.8, 4) is 45.3 Å². The molecule has 0 bridgehead atoms. The van der Waals surface area contributed by atoms with E-state index in [1.165, 1.54) is 10.8 Å². The topological polar surface area (TPSA) is 65.0 Å². The molecule has 11 rings (SSSR count). The van der Waals surface area contributed by atoms with Crippen LogP contribution >= 0.6 is 0 Å². The lowest BCUT2D eigenvalue weighted by Crippen LogP contribution is -2.00. The van der Waals surface area contributed by atoms with Gasteiger partial charge in [-0.25, -0.2) is 15.0 Å². The van der Waals surface area contributed by atoms with Crippen LogP contribution in [-0.4, -0.2) is 15.0 Å². The fourth-order valence-corrected chi connectivity index (χ4v) is 7.50. The molecule has 0 aliphatic carbocycles. The standard InChI is InChI=1S/C47H27N3O2/c1-2-9-31-24-34(23-18-28(31)8-1)46-48-45(49-47(50-46)38-12-7-15-42-44(38)37-11-4-6-14-41(37)51-42)30-19-16-29(17-20-30)32-21-22-33-26-39-36-10-3-5-13-40(36)52-43(39)27-35(33)25-32/h1-27H. The third kappa shape index (κ3) is 4.60. The van der Waals surface area contributed by atoms with Gasteiger partial charge in [-0.05, 0) is 75.1 Å². The number of para-hydroxylation sites is 2. The first-order valence-electron chi connectivity index (χ1n) is 17.3. The summed E-state index contributed by atoms with van der Waals surface area (Å²) in [5.41, 5.74) is 8.41. The van der Waals surface area contributed by atoms with Crippen LogP contribution in [0.1, 0.15) is 0 Å².